The average molecular weight is 294 g/mol. The number of carbonyl (C=O) groups excluding carboxylic acids is 2. The molecule has 0 aromatic heterocycles. The van der Waals surface area contributed by atoms with Gasteiger partial charge in [-0.15, -0.1) is 0 Å². The van der Waals surface area contributed by atoms with Crippen molar-refractivity contribution in [3.05, 3.63) is 65.2 Å². The Morgan fingerprint density at radius 3 is 2.68 bits per heavy atom. The minimum Gasteiger partial charge on any atom is -0.335 e. The smallest absolute Gasteiger partial charge is 0.254 e. The van der Waals surface area contributed by atoms with Gasteiger partial charge >= 0.3 is 0 Å². The zero-order valence-corrected chi connectivity index (χ0v) is 12.5. The lowest BCUT2D eigenvalue weighted by molar-refractivity contribution is -0.115. The van der Waals surface area contributed by atoms with Crippen LogP contribution in [-0.2, 0) is 17.8 Å². The number of carbonyl (C=O) groups is 2. The lowest BCUT2D eigenvalue weighted by Gasteiger charge is -2.21. The summed E-state index contributed by atoms with van der Waals surface area (Å²) in [7, 11) is 0. The van der Waals surface area contributed by atoms with Crippen LogP contribution in [0.1, 0.15) is 28.4 Å². The number of fused-ring (bicyclic) bond motifs is 1. The second-order valence-corrected chi connectivity index (χ2v) is 5.40. The van der Waals surface area contributed by atoms with Crippen molar-refractivity contribution >= 4 is 17.5 Å². The van der Waals surface area contributed by atoms with Crippen LogP contribution in [0, 0.1) is 0 Å². The van der Waals surface area contributed by atoms with Gasteiger partial charge in [0.25, 0.3) is 5.91 Å². The maximum Gasteiger partial charge on any atom is 0.254 e. The van der Waals surface area contributed by atoms with Crippen molar-refractivity contribution in [1.29, 1.82) is 0 Å². The fourth-order valence-electron chi connectivity index (χ4n) is 2.68. The third-order valence-corrected chi connectivity index (χ3v) is 3.86. The summed E-state index contributed by atoms with van der Waals surface area (Å²) in [5.41, 5.74) is 3.45. The van der Waals surface area contributed by atoms with Crippen molar-refractivity contribution in [3.63, 3.8) is 0 Å². The van der Waals surface area contributed by atoms with Gasteiger partial charge in [-0.2, -0.15) is 0 Å². The molecule has 4 nitrogen and oxygen atoms in total. The van der Waals surface area contributed by atoms with Gasteiger partial charge in [0, 0.05) is 24.3 Å². The first-order chi connectivity index (χ1) is 10.7. The Kier molecular flexibility index (Phi) is 3.92. The predicted octanol–water partition coefficient (Wildman–Crippen LogP) is 2.84. The topological polar surface area (TPSA) is 49.4 Å². The van der Waals surface area contributed by atoms with Crippen LogP contribution in [0.2, 0.25) is 0 Å². The molecule has 0 spiro atoms. The summed E-state index contributed by atoms with van der Waals surface area (Å²) in [6.07, 6.45) is 0.348. The molecule has 0 aliphatic carbocycles. The molecule has 112 valence electrons. The summed E-state index contributed by atoms with van der Waals surface area (Å²) in [6, 6.07) is 15.3. The van der Waals surface area contributed by atoms with Gasteiger partial charge in [0.1, 0.15) is 0 Å². The zero-order chi connectivity index (χ0) is 15.5. The molecule has 3 rings (SSSR count). The zero-order valence-electron chi connectivity index (χ0n) is 12.5. The standard InChI is InChI=1S/C18H18N2O2/c1-2-20(12-13-6-4-3-5-7-13)18(22)14-8-9-16-15(10-14)11-17(21)19-16/h3-10H,2,11-12H2,1H3,(H,19,21). The number of anilines is 1. The SMILES string of the molecule is CCN(Cc1ccccc1)C(=O)c1ccc2c(c1)CC(=O)N2. The van der Waals surface area contributed by atoms with Crippen LogP contribution in [0.25, 0.3) is 0 Å². The van der Waals surface area contributed by atoms with Crippen LogP contribution in [0.4, 0.5) is 5.69 Å². The Hall–Kier alpha value is -2.62. The van der Waals surface area contributed by atoms with E-state index in [0.717, 1.165) is 16.8 Å². The largest absolute Gasteiger partial charge is 0.335 e. The molecular weight excluding hydrogens is 276 g/mol. The maximum atomic E-state index is 12.7. The molecule has 4 heteroatoms. The van der Waals surface area contributed by atoms with Gasteiger partial charge in [0.2, 0.25) is 5.91 Å². The maximum absolute atomic E-state index is 12.7. The van der Waals surface area contributed by atoms with Crippen LogP contribution in [-0.4, -0.2) is 23.3 Å². The van der Waals surface area contributed by atoms with E-state index < -0.39 is 0 Å². The van der Waals surface area contributed by atoms with Crippen molar-refractivity contribution in [2.45, 2.75) is 19.9 Å². The number of hydrogen-bond donors (Lipinski definition) is 1. The lowest BCUT2D eigenvalue weighted by Crippen LogP contribution is -2.30. The Morgan fingerprint density at radius 2 is 1.95 bits per heavy atom. The third kappa shape index (κ3) is 2.86. The van der Waals surface area contributed by atoms with Crippen molar-refractivity contribution < 1.29 is 9.59 Å². The van der Waals surface area contributed by atoms with E-state index in [4.69, 9.17) is 0 Å². The number of hydrogen-bond acceptors (Lipinski definition) is 2. The van der Waals surface area contributed by atoms with E-state index in [2.05, 4.69) is 5.32 Å². The van der Waals surface area contributed by atoms with E-state index in [1.807, 2.05) is 49.4 Å². The van der Waals surface area contributed by atoms with Crippen LogP contribution in [0.5, 0.6) is 0 Å². The summed E-state index contributed by atoms with van der Waals surface area (Å²) >= 11 is 0. The first kappa shape index (κ1) is 14.3. The molecule has 1 aliphatic heterocycles. The van der Waals surface area contributed by atoms with Crippen LogP contribution >= 0.6 is 0 Å². The van der Waals surface area contributed by atoms with Gasteiger partial charge in [0.15, 0.2) is 0 Å². The molecule has 2 aromatic carbocycles. The molecule has 0 bridgehead atoms. The molecule has 0 radical (unpaired) electrons. The molecule has 2 amide bonds. The fourth-order valence-corrected chi connectivity index (χ4v) is 2.68. The predicted molar refractivity (Wildman–Crippen MR) is 85.6 cm³/mol. The third-order valence-electron chi connectivity index (χ3n) is 3.86. The molecule has 1 N–H and O–H groups in total. The first-order valence-electron chi connectivity index (χ1n) is 7.43. The normalized spacial score (nSPS) is 12.7. The molecule has 0 saturated heterocycles. The second-order valence-electron chi connectivity index (χ2n) is 5.40. The molecule has 0 unspecified atom stereocenters. The van der Waals surface area contributed by atoms with Crippen LogP contribution < -0.4 is 5.32 Å². The molecule has 1 heterocycles. The summed E-state index contributed by atoms with van der Waals surface area (Å²) in [4.78, 5) is 25.9. The number of nitrogens with one attached hydrogen (secondary N) is 1. The molecular formula is C18H18N2O2. The van der Waals surface area contributed by atoms with Crippen molar-refractivity contribution in [2.75, 3.05) is 11.9 Å². The molecule has 0 fully saturated rings. The van der Waals surface area contributed by atoms with Crippen molar-refractivity contribution in [3.8, 4) is 0 Å². The molecule has 2 aromatic rings. The Balaban J connectivity index is 1.80. The molecule has 0 atom stereocenters. The average Bonchev–Trinajstić information content (AvgIpc) is 2.92. The summed E-state index contributed by atoms with van der Waals surface area (Å²) in [5, 5.41) is 2.78. The minimum absolute atomic E-state index is 0.00602. The quantitative estimate of drug-likeness (QED) is 0.942. The Labute approximate surface area is 129 Å². The van der Waals surface area contributed by atoms with Crippen molar-refractivity contribution in [2.24, 2.45) is 0 Å². The second kappa shape index (κ2) is 6.02. The van der Waals surface area contributed by atoms with Gasteiger partial charge in [-0.25, -0.2) is 0 Å². The van der Waals surface area contributed by atoms with Gasteiger partial charge < -0.3 is 10.2 Å². The highest BCUT2D eigenvalue weighted by atomic mass is 16.2. The number of benzene rings is 2. The lowest BCUT2D eigenvalue weighted by atomic mass is 10.1. The van der Waals surface area contributed by atoms with Crippen LogP contribution in [0.3, 0.4) is 0 Å². The number of amides is 2. The highest BCUT2D eigenvalue weighted by Gasteiger charge is 2.21. The summed E-state index contributed by atoms with van der Waals surface area (Å²) in [5.74, 6) is -0.0234. The summed E-state index contributed by atoms with van der Waals surface area (Å²) in [6.45, 7) is 3.20. The number of rotatable bonds is 4. The monoisotopic (exact) mass is 294 g/mol. The molecule has 0 saturated carbocycles. The minimum atomic E-state index is -0.0174. The van der Waals surface area contributed by atoms with Gasteiger partial charge in [-0.05, 0) is 36.2 Å². The summed E-state index contributed by atoms with van der Waals surface area (Å²) < 4.78 is 0. The fraction of sp³-hybridized carbons (Fsp3) is 0.222. The van der Waals surface area contributed by atoms with Gasteiger partial charge in [-0.1, -0.05) is 30.3 Å². The first-order valence-corrected chi connectivity index (χ1v) is 7.43. The van der Waals surface area contributed by atoms with E-state index in [1.54, 1.807) is 11.0 Å². The Morgan fingerprint density at radius 1 is 1.18 bits per heavy atom. The van der Waals surface area contributed by atoms with E-state index >= 15 is 0 Å². The molecule has 1 aliphatic rings. The van der Waals surface area contributed by atoms with Crippen molar-refractivity contribution in [1.82, 2.24) is 4.90 Å². The highest BCUT2D eigenvalue weighted by molar-refractivity contribution is 6.01. The highest BCUT2D eigenvalue weighted by Crippen LogP contribution is 2.24. The van der Waals surface area contributed by atoms with E-state index in [0.29, 0.717) is 25.1 Å². The van der Waals surface area contributed by atoms with Gasteiger partial charge in [0.05, 0.1) is 6.42 Å². The van der Waals surface area contributed by atoms with E-state index in [1.165, 1.54) is 0 Å². The van der Waals surface area contributed by atoms with E-state index in [9.17, 15) is 9.59 Å². The molecule has 22 heavy (non-hydrogen) atoms. The Bertz CT molecular complexity index is 710. The van der Waals surface area contributed by atoms with Gasteiger partial charge in [-0.3, -0.25) is 9.59 Å². The van der Waals surface area contributed by atoms with E-state index in [-0.39, 0.29) is 11.8 Å². The number of nitrogens with zero attached hydrogens (tertiary/aromatic N) is 1. The van der Waals surface area contributed by atoms with Crippen LogP contribution in [0.15, 0.2) is 48.5 Å².